The van der Waals surface area contributed by atoms with Crippen LogP contribution in [0.1, 0.15) is 12.0 Å². The van der Waals surface area contributed by atoms with Crippen molar-refractivity contribution in [1.82, 2.24) is 5.32 Å². The van der Waals surface area contributed by atoms with E-state index in [9.17, 15) is 32.7 Å². The van der Waals surface area contributed by atoms with Crippen LogP contribution in [0.4, 0.5) is 30.2 Å². The van der Waals surface area contributed by atoms with E-state index in [0.29, 0.717) is 12.0 Å². The molecule has 0 spiro atoms. The second-order valence-electron chi connectivity index (χ2n) is 7.56. The van der Waals surface area contributed by atoms with Gasteiger partial charge in [-0.25, -0.2) is 4.39 Å². The van der Waals surface area contributed by atoms with Gasteiger partial charge < -0.3 is 31.1 Å². The molecule has 0 saturated carbocycles. The van der Waals surface area contributed by atoms with Gasteiger partial charge in [0.25, 0.3) is 5.91 Å². The lowest BCUT2D eigenvalue weighted by Crippen LogP contribution is -2.37. The second-order valence-corrected chi connectivity index (χ2v) is 7.56. The molecule has 9 nitrogen and oxygen atoms in total. The number of rotatable bonds is 9. The molecular formula is C22H23F3N4O5. The van der Waals surface area contributed by atoms with Crippen LogP contribution in [-0.2, 0) is 20.7 Å². The Bertz CT molecular complexity index is 1120. The Morgan fingerprint density at radius 3 is 2.56 bits per heavy atom. The number of nitrogens with one attached hydrogen (secondary N) is 2. The van der Waals surface area contributed by atoms with Crippen molar-refractivity contribution in [3.05, 3.63) is 64.1 Å². The number of nitrogens with two attached hydrogens (primary N) is 1. The minimum Gasteiger partial charge on any atom is -0.370 e. The standard InChI is InChI=1S/C22H23F3N4O5/c23-15-9-13(29-11-14(34-22(29)33)10-27-21(32)20(24)25)4-6-16(15)28-17-5-1-12(2-7-18(17)30)3-8-19(26)31/h1-2,4-7,9,14,20,22,33H,3,8,10-11H2,(H2,26,31)(H,27,32)(H,28,30)/t14-,22?/m0/s1. The van der Waals surface area contributed by atoms with Crippen LogP contribution in [0.3, 0.4) is 0 Å². The maximum atomic E-state index is 14.8. The molecule has 0 aromatic heterocycles. The van der Waals surface area contributed by atoms with Gasteiger partial charge in [0.05, 0.1) is 24.0 Å². The molecule has 5 N–H and O–H groups in total. The van der Waals surface area contributed by atoms with Crippen LogP contribution in [-0.4, -0.2) is 49.0 Å². The van der Waals surface area contributed by atoms with E-state index in [1.807, 2.05) is 5.32 Å². The Morgan fingerprint density at radius 2 is 1.88 bits per heavy atom. The highest BCUT2D eigenvalue weighted by Gasteiger charge is 2.32. The van der Waals surface area contributed by atoms with E-state index in [1.54, 1.807) is 12.1 Å². The van der Waals surface area contributed by atoms with Gasteiger partial charge in [-0.3, -0.25) is 14.4 Å². The van der Waals surface area contributed by atoms with E-state index in [-0.39, 0.29) is 36.6 Å². The number of carbonyl (C=O) groups excluding carboxylic acids is 2. The van der Waals surface area contributed by atoms with Crippen molar-refractivity contribution in [2.24, 2.45) is 5.73 Å². The summed E-state index contributed by atoms with van der Waals surface area (Å²) >= 11 is 0. The number of ether oxygens (including phenoxy) is 1. The van der Waals surface area contributed by atoms with Gasteiger partial charge in [0.15, 0.2) is 0 Å². The van der Waals surface area contributed by atoms with Crippen molar-refractivity contribution in [2.75, 3.05) is 23.3 Å². The average Bonchev–Trinajstić information content (AvgIpc) is 3.07. The average molecular weight is 480 g/mol. The molecule has 2 atom stereocenters. The first-order valence-electron chi connectivity index (χ1n) is 10.3. The van der Waals surface area contributed by atoms with Gasteiger partial charge in [-0.2, -0.15) is 8.78 Å². The highest BCUT2D eigenvalue weighted by molar-refractivity contribution is 5.79. The second kappa shape index (κ2) is 11.0. The summed E-state index contributed by atoms with van der Waals surface area (Å²) in [6.45, 7) is -0.234. The van der Waals surface area contributed by atoms with Crippen LogP contribution in [0.5, 0.6) is 0 Å². The number of carbonyl (C=O) groups is 2. The van der Waals surface area contributed by atoms with Crippen molar-refractivity contribution in [3.63, 3.8) is 0 Å². The highest BCUT2D eigenvalue weighted by Crippen LogP contribution is 2.28. The fourth-order valence-electron chi connectivity index (χ4n) is 3.30. The number of hydrogen-bond donors (Lipinski definition) is 4. The van der Waals surface area contributed by atoms with Gasteiger partial charge in [-0.05, 0) is 42.3 Å². The molecule has 0 radical (unpaired) electrons. The van der Waals surface area contributed by atoms with Gasteiger partial charge in [-0.1, -0.05) is 12.1 Å². The molecule has 1 heterocycles. The Hall–Kier alpha value is -3.64. The quantitative estimate of drug-likeness (QED) is 0.424. The number of alkyl halides is 2. The fraction of sp³-hybridized carbons (Fsp3) is 0.318. The predicted octanol–water partition coefficient (Wildman–Crippen LogP) is 1.21. The van der Waals surface area contributed by atoms with Gasteiger partial charge in [0, 0.05) is 18.7 Å². The number of amides is 2. The smallest absolute Gasteiger partial charge is 0.315 e. The van der Waals surface area contributed by atoms with Gasteiger partial charge in [0.1, 0.15) is 5.82 Å². The molecule has 1 unspecified atom stereocenters. The first kappa shape index (κ1) is 25.0. The Labute approximate surface area is 192 Å². The summed E-state index contributed by atoms with van der Waals surface area (Å²) < 4.78 is 44.6. The van der Waals surface area contributed by atoms with E-state index < -0.39 is 42.0 Å². The third kappa shape index (κ3) is 6.45. The van der Waals surface area contributed by atoms with E-state index in [2.05, 4.69) is 5.32 Å². The molecule has 12 heteroatoms. The van der Waals surface area contributed by atoms with Crippen LogP contribution in [0.2, 0.25) is 0 Å². The Kier molecular flexibility index (Phi) is 8.08. The number of halogens is 3. The molecule has 2 amide bonds. The minimum atomic E-state index is -3.17. The van der Waals surface area contributed by atoms with E-state index in [0.717, 1.165) is 6.07 Å². The molecular weight excluding hydrogens is 457 g/mol. The largest absolute Gasteiger partial charge is 0.370 e. The summed E-state index contributed by atoms with van der Waals surface area (Å²) in [5.74, 6) is -2.64. The zero-order valence-electron chi connectivity index (χ0n) is 17.8. The number of aliphatic hydroxyl groups is 1. The van der Waals surface area contributed by atoms with Crippen LogP contribution in [0, 0.1) is 5.82 Å². The van der Waals surface area contributed by atoms with E-state index >= 15 is 0 Å². The van der Waals surface area contributed by atoms with Crippen LogP contribution >= 0.6 is 0 Å². The summed E-state index contributed by atoms with van der Waals surface area (Å²) in [4.78, 5) is 35.6. The minimum absolute atomic E-state index is 0.00101. The number of aryl methyl sites for hydroxylation is 1. The first-order chi connectivity index (χ1) is 16.1. The third-order valence-electron chi connectivity index (χ3n) is 5.08. The SMILES string of the molecule is NC(=O)CCc1ccc(Nc2ccc(N3C[C@H](CNC(=O)C(F)F)OC3O)cc2F)c(=O)cc1. The van der Waals surface area contributed by atoms with Gasteiger partial charge in [-0.15, -0.1) is 0 Å². The predicted molar refractivity (Wildman–Crippen MR) is 117 cm³/mol. The zero-order valence-corrected chi connectivity index (χ0v) is 17.8. The topological polar surface area (TPSA) is 134 Å². The lowest BCUT2D eigenvalue weighted by Gasteiger charge is -2.21. The number of benzene rings is 1. The molecule has 2 aromatic rings. The lowest BCUT2D eigenvalue weighted by molar-refractivity contribution is -0.133. The molecule has 0 bridgehead atoms. The van der Waals surface area contributed by atoms with Crippen molar-refractivity contribution in [2.45, 2.75) is 31.8 Å². The number of nitrogens with zero attached hydrogens (tertiary/aromatic N) is 1. The Balaban J connectivity index is 1.68. The van der Waals surface area contributed by atoms with Crippen molar-refractivity contribution in [3.8, 4) is 0 Å². The normalized spacial score (nSPS) is 17.6. The van der Waals surface area contributed by atoms with Crippen molar-refractivity contribution in [1.29, 1.82) is 0 Å². The van der Waals surface area contributed by atoms with Crippen LogP contribution < -0.4 is 26.7 Å². The van der Waals surface area contributed by atoms with Gasteiger partial charge in [0.2, 0.25) is 17.7 Å². The number of aliphatic hydroxyl groups excluding tert-OH is 1. The summed E-state index contributed by atoms with van der Waals surface area (Å²) in [5.41, 5.74) is 5.80. The summed E-state index contributed by atoms with van der Waals surface area (Å²) in [5, 5.41) is 14.8. The van der Waals surface area contributed by atoms with Crippen molar-refractivity contribution < 1.29 is 32.6 Å². The molecule has 34 heavy (non-hydrogen) atoms. The molecule has 0 aliphatic carbocycles. The summed E-state index contributed by atoms with van der Waals surface area (Å²) in [6.07, 6.45) is -4.93. The third-order valence-corrected chi connectivity index (χ3v) is 5.08. The van der Waals surface area contributed by atoms with Crippen LogP contribution in [0.15, 0.2) is 47.3 Å². The van der Waals surface area contributed by atoms with E-state index in [4.69, 9.17) is 10.5 Å². The zero-order chi connectivity index (χ0) is 24.8. The van der Waals surface area contributed by atoms with Gasteiger partial charge >= 0.3 is 6.43 Å². The van der Waals surface area contributed by atoms with E-state index in [1.165, 1.54) is 29.2 Å². The maximum Gasteiger partial charge on any atom is 0.315 e. The molecule has 1 saturated heterocycles. The summed E-state index contributed by atoms with van der Waals surface area (Å²) in [6, 6.07) is 9.92. The first-order valence-corrected chi connectivity index (χ1v) is 10.3. The Morgan fingerprint density at radius 1 is 1.18 bits per heavy atom. The molecule has 3 rings (SSSR count). The summed E-state index contributed by atoms with van der Waals surface area (Å²) in [7, 11) is 0. The number of primary amides is 1. The van der Waals surface area contributed by atoms with Crippen LogP contribution in [0.25, 0.3) is 0 Å². The fourth-order valence-corrected chi connectivity index (χ4v) is 3.30. The molecule has 1 fully saturated rings. The molecule has 1 aliphatic rings. The number of hydrogen-bond acceptors (Lipinski definition) is 7. The maximum absolute atomic E-state index is 14.8. The molecule has 1 aliphatic heterocycles. The number of anilines is 3. The lowest BCUT2D eigenvalue weighted by atomic mass is 10.1. The molecule has 182 valence electrons. The molecule has 2 aromatic carbocycles. The highest BCUT2D eigenvalue weighted by atomic mass is 19.3. The monoisotopic (exact) mass is 480 g/mol. The van der Waals surface area contributed by atoms with Crippen molar-refractivity contribution >= 4 is 28.9 Å².